The largest absolute Gasteiger partial charge is 0.312 e. The van der Waals surface area contributed by atoms with E-state index >= 15 is 0 Å². The maximum absolute atomic E-state index is 4.46. The van der Waals surface area contributed by atoms with Gasteiger partial charge in [-0.05, 0) is 39.2 Å². The molecule has 0 aliphatic heterocycles. The van der Waals surface area contributed by atoms with E-state index < -0.39 is 0 Å². The van der Waals surface area contributed by atoms with E-state index in [0.29, 0.717) is 0 Å². The molecule has 1 unspecified atom stereocenters. The first-order valence-corrected chi connectivity index (χ1v) is 8.06. The summed E-state index contributed by atoms with van der Waals surface area (Å²) in [4.78, 5) is 4.46. The van der Waals surface area contributed by atoms with Crippen molar-refractivity contribution in [3.63, 3.8) is 0 Å². The lowest BCUT2D eigenvalue weighted by Crippen LogP contribution is -2.41. The molecular formula is C15H26N2S. The van der Waals surface area contributed by atoms with Gasteiger partial charge < -0.3 is 5.32 Å². The minimum atomic E-state index is 0.222. The maximum atomic E-state index is 4.46. The molecule has 0 aromatic carbocycles. The van der Waals surface area contributed by atoms with Crippen molar-refractivity contribution in [1.82, 2.24) is 10.3 Å². The highest BCUT2D eigenvalue weighted by Gasteiger charge is 2.26. The predicted molar refractivity (Wildman–Crippen MR) is 79.0 cm³/mol. The first-order valence-electron chi connectivity index (χ1n) is 7.18. The van der Waals surface area contributed by atoms with Crippen molar-refractivity contribution in [2.75, 3.05) is 6.54 Å². The van der Waals surface area contributed by atoms with Crippen LogP contribution < -0.4 is 5.32 Å². The quantitative estimate of drug-likeness (QED) is 0.875. The summed E-state index contributed by atoms with van der Waals surface area (Å²) in [6.07, 6.45) is 8.78. The SMILES string of the molecule is CC(C)(C)NCC(Cc1nccs1)C1CCCC1. The number of nitrogens with zero attached hydrogens (tertiary/aromatic N) is 1. The molecule has 1 atom stereocenters. The molecule has 18 heavy (non-hydrogen) atoms. The third-order valence-corrected chi connectivity index (χ3v) is 4.68. The van der Waals surface area contributed by atoms with Gasteiger partial charge in [-0.25, -0.2) is 4.98 Å². The molecule has 1 aromatic heterocycles. The summed E-state index contributed by atoms with van der Waals surface area (Å²) in [6.45, 7) is 7.89. The summed E-state index contributed by atoms with van der Waals surface area (Å²) in [7, 11) is 0. The van der Waals surface area contributed by atoms with Crippen LogP contribution in [0, 0.1) is 11.8 Å². The molecule has 0 amide bonds. The van der Waals surface area contributed by atoms with Crippen LogP contribution in [0.25, 0.3) is 0 Å². The second-order valence-corrected chi connectivity index (χ2v) is 7.54. The van der Waals surface area contributed by atoms with Gasteiger partial charge >= 0.3 is 0 Å². The first-order chi connectivity index (χ1) is 8.54. The van der Waals surface area contributed by atoms with E-state index in [4.69, 9.17) is 0 Å². The van der Waals surface area contributed by atoms with E-state index in [1.54, 1.807) is 11.3 Å². The molecule has 1 saturated carbocycles. The zero-order valence-corrected chi connectivity index (χ0v) is 12.7. The van der Waals surface area contributed by atoms with E-state index in [1.807, 2.05) is 6.20 Å². The molecule has 102 valence electrons. The lowest BCUT2D eigenvalue weighted by atomic mass is 9.87. The highest BCUT2D eigenvalue weighted by Crippen LogP contribution is 2.33. The van der Waals surface area contributed by atoms with Crippen LogP contribution in [0.2, 0.25) is 0 Å². The molecule has 1 aliphatic carbocycles. The monoisotopic (exact) mass is 266 g/mol. The van der Waals surface area contributed by atoms with Crippen molar-refractivity contribution in [3.8, 4) is 0 Å². The Morgan fingerprint density at radius 3 is 2.67 bits per heavy atom. The topological polar surface area (TPSA) is 24.9 Å². The van der Waals surface area contributed by atoms with Crippen molar-refractivity contribution in [1.29, 1.82) is 0 Å². The highest BCUT2D eigenvalue weighted by molar-refractivity contribution is 7.09. The average molecular weight is 266 g/mol. The molecule has 0 radical (unpaired) electrons. The molecule has 0 saturated heterocycles. The van der Waals surface area contributed by atoms with E-state index in [2.05, 4.69) is 36.5 Å². The van der Waals surface area contributed by atoms with Gasteiger partial charge in [0.2, 0.25) is 0 Å². The van der Waals surface area contributed by atoms with Gasteiger partial charge in [0.25, 0.3) is 0 Å². The van der Waals surface area contributed by atoms with Gasteiger partial charge in [-0.2, -0.15) is 0 Å². The third kappa shape index (κ3) is 4.36. The van der Waals surface area contributed by atoms with Gasteiger partial charge in [-0.1, -0.05) is 25.7 Å². The molecule has 3 heteroatoms. The van der Waals surface area contributed by atoms with Gasteiger partial charge in [0.05, 0.1) is 5.01 Å². The number of aromatic nitrogens is 1. The second kappa shape index (κ2) is 6.16. The summed E-state index contributed by atoms with van der Waals surface area (Å²) in [5.74, 6) is 1.67. The fourth-order valence-corrected chi connectivity index (χ4v) is 3.56. The number of hydrogen-bond donors (Lipinski definition) is 1. The zero-order valence-electron chi connectivity index (χ0n) is 11.9. The lowest BCUT2D eigenvalue weighted by Gasteiger charge is -2.28. The molecule has 0 spiro atoms. The van der Waals surface area contributed by atoms with Crippen molar-refractivity contribution in [2.45, 2.75) is 58.4 Å². The molecule has 0 bridgehead atoms. The maximum Gasteiger partial charge on any atom is 0.0928 e. The molecule has 2 nitrogen and oxygen atoms in total. The zero-order chi connectivity index (χ0) is 13.0. The number of rotatable bonds is 5. The van der Waals surface area contributed by atoms with Crippen molar-refractivity contribution in [3.05, 3.63) is 16.6 Å². The van der Waals surface area contributed by atoms with Crippen molar-refractivity contribution < 1.29 is 0 Å². The normalized spacial score (nSPS) is 19.3. The van der Waals surface area contributed by atoms with Crippen LogP contribution in [0.4, 0.5) is 0 Å². The highest BCUT2D eigenvalue weighted by atomic mass is 32.1. The summed E-state index contributed by atoms with van der Waals surface area (Å²) >= 11 is 1.80. The van der Waals surface area contributed by atoms with Gasteiger partial charge in [0, 0.05) is 23.5 Å². The molecule has 2 rings (SSSR count). The predicted octanol–water partition coefficient (Wildman–Crippen LogP) is 3.88. The van der Waals surface area contributed by atoms with Crippen LogP contribution >= 0.6 is 11.3 Å². The average Bonchev–Trinajstić information content (AvgIpc) is 2.95. The molecule has 1 heterocycles. The van der Waals surface area contributed by atoms with E-state index in [-0.39, 0.29) is 5.54 Å². The summed E-state index contributed by atoms with van der Waals surface area (Å²) in [5.41, 5.74) is 0.222. The van der Waals surface area contributed by atoms with Crippen LogP contribution in [-0.2, 0) is 6.42 Å². The van der Waals surface area contributed by atoms with Crippen LogP contribution in [-0.4, -0.2) is 17.1 Å². The Bertz CT molecular complexity index is 334. The van der Waals surface area contributed by atoms with Gasteiger partial charge in [0.15, 0.2) is 0 Å². The van der Waals surface area contributed by atoms with Gasteiger partial charge in [-0.15, -0.1) is 11.3 Å². The molecule has 1 aromatic rings. The van der Waals surface area contributed by atoms with E-state index in [9.17, 15) is 0 Å². The van der Waals surface area contributed by atoms with E-state index in [0.717, 1.165) is 24.8 Å². The minimum absolute atomic E-state index is 0.222. The number of thiazole rings is 1. The van der Waals surface area contributed by atoms with Gasteiger partial charge in [0.1, 0.15) is 0 Å². The molecule has 1 aliphatic rings. The van der Waals surface area contributed by atoms with Crippen LogP contribution in [0.1, 0.15) is 51.5 Å². The Labute approximate surface area is 115 Å². The Hall–Kier alpha value is -0.410. The lowest BCUT2D eigenvalue weighted by molar-refractivity contribution is 0.286. The van der Waals surface area contributed by atoms with Crippen LogP contribution in [0.5, 0.6) is 0 Å². The smallest absolute Gasteiger partial charge is 0.0928 e. The molecular weight excluding hydrogens is 240 g/mol. The van der Waals surface area contributed by atoms with Crippen molar-refractivity contribution >= 4 is 11.3 Å². The Balaban J connectivity index is 1.93. The summed E-state index contributed by atoms with van der Waals surface area (Å²) in [5, 5.41) is 7.09. The fourth-order valence-electron chi connectivity index (χ4n) is 2.85. The van der Waals surface area contributed by atoms with Crippen LogP contribution in [0.15, 0.2) is 11.6 Å². The number of hydrogen-bond acceptors (Lipinski definition) is 3. The first kappa shape index (κ1) is 14.0. The Morgan fingerprint density at radius 1 is 1.39 bits per heavy atom. The Morgan fingerprint density at radius 2 is 2.11 bits per heavy atom. The fraction of sp³-hybridized carbons (Fsp3) is 0.800. The second-order valence-electron chi connectivity index (χ2n) is 6.57. The number of nitrogens with one attached hydrogen (secondary N) is 1. The van der Waals surface area contributed by atoms with Crippen LogP contribution in [0.3, 0.4) is 0 Å². The van der Waals surface area contributed by atoms with Crippen molar-refractivity contribution in [2.24, 2.45) is 11.8 Å². The minimum Gasteiger partial charge on any atom is -0.312 e. The Kier molecular flexibility index (Phi) is 4.79. The van der Waals surface area contributed by atoms with Gasteiger partial charge in [-0.3, -0.25) is 0 Å². The summed E-state index contributed by atoms with van der Waals surface area (Å²) in [6, 6.07) is 0. The van der Waals surface area contributed by atoms with E-state index in [1.165, 1.54) is 30.7 Å². The molecule has 1 N–H and O–H groups in total. The third-order valence-electron chi connectivity index (χ3n) is 3.88. The summed E-state index contributed by atoms with van der Waals surface area (Å²) < 4.78 is 0. The molecule has 1 fully saturated rings. The standard InChI is InChI=1S/C15H26N2S/c1-15(2,3)17-11-13(12-6-4-5-7-12)10-14-16-8-9-18-14/h8-9,12-13,17H,4-7,10-11H2,1-3H3.